The summed E-state index contributed by atoms with van der Waals surface area (Å²) >= 11 is 0. The van der Waals surface area contributed by atoms with Crippen molar-refractivity contribution in [2.45, 2.75) is 13.0 Å². The smallest absolute Gasteiger partial charge is 0.333 e. The number of carbonyl (C=O) groups is 4. The Bertz CT molecular complexity index is 619. The van der Waals surface area contributed by atoms with E-state index < -0.39 is 23.8 Å². The lowest BCUT2D eigenvalue weighted by molar-refractivity contribution is -0.180. The third-order valence-corrected chi connectivity index (χ3v) is 3.67. The van der Waals surface area contributed by atoms with Crippen molar-refractivity contribution in [1.29, 1.82) is 0 Å². The zero-order valence-corrected chi connectivity index (χ0v) is 12.6. The number of carbonyl (C=O) groups excluding carboxylic acids is 3. The number of nitrogens with zero attached hydrogens (tertiary/aromatic N) is 3. The second-order valence-corrected chi connectivity index (χ2v) is 4.95. The second-order valence-electron chi connectivity index (χ2n) is 4.95. The van der Waals surface area contributed by atoms with Crippen LogP contribution in [0.3, 0.4) is 0 Å². The van der Waals surface area contributed by atoms with Gasteiger partial charge in [0, 0.05) is 13.1 Å². The maximum Gasteiger partial charge on any atom is 0.333 e. The van der Waals surface area contributed by atoms with Gasteiger partial charge in [-0.25, -0.2) is 14.8 Å². The van der Waals surface area contributed by atoms with Crippen LogP contribution in [0, 0.1) is 0 Å². The van der Waals surface area contributed by atoms with Crippen molar-refractivity contribution >= 4 is 24.2 Å². The standard InChI is InChI=1S/C15H17N3O5/c1-2-16-8-9-17(14(21)13(16)20)18(10-19)12(15(22)23)11-6-4-3-5-7-11/h3-7,10,12H,2,8-9H2,1H3,(H,22,23). The second kappa shape index (κ2) is 6.91. The van der Waals surface area contributed by atoms with Gasteiger partial charge in [-0.1, -0.05) is 30.3 Å². The summed E-state index contributed by atoms with van der Waals surface area (Å²) in [5, 5.41) is 11.1. The van der Waals surface area contributed by atoms with Gasteiger partial charge in [0.25, 0.3) is 0 Å². The summed E-state index contributed by atoms with van der Waals surface area (Å²) in [4.78, 5) is 48.6. The normalized spacial score (nSPS) is 16.2. The number of carboxylic acids is 1. The summed E-state index contributed by atoms with van der Waals surface area (Å²) in [5.41, 5.74) is 0.338. The number of piperazine rings is 1. The molecule has 1 saturated heterocycles. The van der Waals surface area contributed by atoms with E-state index in [2.05, 4.69) is 0 Å². The van der Waals surface area contributed by atoms with E-state index in [0.29, 0.717) is 12.1 Å². The molecule has 1 aromatic rings. The van der Waals surface area contributed by atoms with E-state index in [1.54, 1.807) is 37.3 Å². The lowest BCUT2D eigenvalue weighted by atomic mass is 10.1. The van der Waals surface area contributed by atoms with Gasteiger partial charge in [-0.2, -0.15) is 0 Å². The van der Waals surface area contributed by atoms with Gasteiger partial charge in [-0.05, 0) is 12.5 Å². The first kappa shape index (κ1) is 16.5. The average molecular weight is 319 g/mol. The fourth-order valence-corrected chi connectivity index (χ4v) is 2.49. The summed E-state index contributed by atoms with van der Waals surface area (Å²) in [7, 11) is 0. The lowest BCUT2D eigenvalue weighted by Gasteiger charge is -2.40. The highest BCUT2D eigenvalue weighted by molar-refractivity contribution is 6.35. The number of hydrogen-bond donors (Lipinski definition) is 1. The molecule has 0 spiro atoms. The molecule has 0 saturated carbocycles. The third-order valence-electron chi connectivity index (χ3n) is 3.67. The molecule has 1 unspecified atom stereocenters. The highest BCUT2D eigenvalue weighted by Crippen LogP contribution is 2.23. The van der Waals surface area contributed by atoms with Crippen molar-refractivity contribution in [3.63, 3.8) is 0 Å². The quantitative estimate of drug-likeness (QED) is 0.582. The van der Waals surface area contributed by atoms with Gasteiger partial charge in [0.15, 0.2) is 6.04 Å². The monoisotopic (exact) mass is 319 g/mol. The molecule has 3 amide bonds. The van der Waals surface area contributed by atoms with Crippen molar-refractivity contribution in [1.82, 2.24) is 14.9 Å². The number of hydrazine groups is 1. The Kier molecular flexibility index (Phi) is 4.95. The molecule has 23 heavy (non-hydrogen) atoms. The van der Waals surface area contributed by atoms with Gasteiger partial charge in [-0.15, -0.1) is 0 Å². The average Bonchev–Trinajstić information content (AvgIpc) is 2.56. The van der Waals surface area contributed by atoms with Crippen LogP contribution in [0.1, 0.15) is 18.5 Å². The van der Waals surface area contributed by atoms with Crippen molar-refractivity contribution < 1.29 is 24.3 Å². The third kappa shape index (κ3) is 3.15. The minimum absolute atomic E-state index is 0.0633. The van der Waals surface area contributed by atoms with Crippen molar-refractivity contribution in [3.05, 3.63) is 35.9 Å². The minimum Gasteiger partial charge on any atom is -0.479 e. The van der Waals surface area contributed by atoms with E-state index in [4.69, 9.17) is 0 Å². The first-order valence-electron chi connectivity index (χ1n) is 7.13. The van der Waals surface area contributed by atoms with Crippen LogP contribution in [0.5, 0.6) is 0 Å². The SMILES string of the molecule is CCN1CCN(N(C=O)C(C(=O)O)c2ccccc2)C(=O)C1=O. The summed E-state index contributed by atoms with van der Waals surface area (Å²) in [5.74, 6) is -2.95. The van der Waals surface area contributed by atoms with Crippen LogP contribution in [0.15, 0.2) is 30.3 Å². The molecule has 8 nitrogen and oxygen atoms in total. The van der Waals surface area contributed by atoms with E-state index in [1.807, 2.05) is 0 Å². The summed E-state index contributed by atoms with van der Waals surface area (Å²) in [6, 6.07) is 6.70. The topological polar surface area (TPSA) is 98.2 Å². The number of benzene rings is 1. The van der Waals surface area contributed by atoms with Gasteiger partial charge in [0.1, 0.15) is 0 Å². The number of amides is 3. The van der Waals surface area contributed by atoms with Crippen LogP contribution in [0.4, 0.5) is 0 Å². The van der Waals surface area contributed by atoms with E-state index in [1.165, 1.54) is 4.90 Å². The molecular formula is C15H17N3O5. The number of likely N-dealkylation sites (N-methyl/N-ethyl adjacent to an activating group) is 1. The molecule has 8 heteroatoms. The Morgan fingerprint density at radius 1 is 1.26 bits per heavy atom. The molecule has 1 heterocycles. The van der Waals surface area contributed by atoms with Crippen LogP contribution in [-0.2, 0) is 19.2 Å². The number of aliphatic carboxylic acids is 1. The first-order chi connectivity index (χ1) is 11.0. The Morgan fingerprint density at radius 2 is 1.91 bits per heavy atom. The van der Waals surface area contributed by atoms with Crippen LogP contribution in [-0.4, -0.2) is 63.9 Å². The summed E-state index contributed by atoms with van der Waals surface area (Å²) in [6.45, 7) is 2.42. The number of hydrogen-bond acceptors (Lipinski definition) is 4. The zero-order chi connectivity index (χ0) is 17.0. The molecular weight excluding hydrogens is 302 g/mol. The van der Waals surface area contributed by atoms with Crippen molar-refractivity contribution in [3.8, 4) is 0 Å². The van der Waals surface area contributed by atoms with Crippen LogP contribution < -0.4 is 0 Å². The molecule has 2 rings (SSSR count). The predicted molar refractivity (Wildman–Crippen MR) is 78.7 cm³/mol. The van der Waals surface area contributed by atoms with E-state index in [0.717, 1.165) is 10.0 Å². The molecule has 122 valence electrons. The largest absolute Gasteiger partial charge is 0.479 e. The van der Waals surface area contributed by atoms with Crippen LogP contribution in [0.2, 0.25) is 0 Å². The van der Waals surface area contributed by atoms with Gasteiger partial charge < -0.3 is 10.0 Å². The molecule has 1 fully saturated rings. The fraction of sp³-hybridized carbons (Fsp3) is 0.333. The molecule has 1 aliphatic rings. The minimum atomic E-state index is -1.38. The highest BCUT2D eigenvalue weighted by atomic mass is 16.4. The van der Waals surface area contributed by atoms with Gasteiger partial charge in [-0.3, -0.25) is 14.4 Å². The Morgan fingerprint density at radius 3 is 2.43 bits per heavy atom. The fourth-order valence-electron chi connectivity index (χ4n) is 2.49. The maximum atomic E-state index is 12.2. The molecule has 1 N–H and O–H groups in total. The molecule has 1 aromatic carbocycles. The van der Waals surface area contributed by atoms with Gasteiger partial charge in [0.2, 0.25) is 6.41 Å². The first-order valence-corrected chi connectivity index (χ1v) is 7.13. The van der Waals surface area contributed by atoms with E-state index in [9.17, 15) is 24.3 Å². The number of rotatable bonds is 6. The van der Waals surface area contributed by atoms with Gasteiger partial charge in [0.05, 0.1) is 6.54 Å². The van der Waals surface area contributed by atoms with Crippen LogP contribution >= 0.6 is 0 Å². The van der Waals surface area contributed by atoms with E-state index >= 15 is 0 Å². The number of carboxylic acid groups (broad SMARTS) is 1. The summed E-state index contributed by atoms with van der Waals surface area (Å²) < 4.78 is 0. The van der Waals surface area contributed by atoms with Crippen molar-refractivity contribution in [2.24, 2.45) is 0 Å². The van der Waals surface area contributed by atoms with Gasteiger partial charge >= 0.3 is 17.8 Å². The van der Waals surface area contributed by atoms with Crippen LogP contribution in [0.25, 0.3) is 0 Å². The molecule has 0 aliphatic carbocycles. The molecule has 0 bridgehead atoms. The Labute approximate surface area is 132 Å². The van der Waals surface area contributed by atoms with E-state index in [-0.39, 0.29) is 19.5 Å². The van der Waals surface area contributed by atoms with Crippen molar-refractivity contribution in [2.75, 3.05) is 19.6 Å². The zero-order valence-electron chi connectivity index (χ0n) is 12.6. The maximum absolute atomic E-state index is 12.2. The lowest BCUT2D eigenvalue weighted by Crippen LogP contribution is -2.60. The highest BCUT2D eigenvalue weighted by Gasteiger charge is 2.39. The Hall–Kier alpha value is -2.90. The molecule has 0 aromatic heterocycles. The summed E-state index contributed by atoms with van der Waals surface area (Å²) in [6.07, 6.45) is 0.262. The molecule has 1 aliphatic heterocycles. The molecule has 0 radical (unpaired) electrons. The molecule has 1 atom stereocenters. The Balaban J connectivity index is 2.34. The predicted octanol–water partition coefficient (Wildman–Crippen LogP) is -0.124.